The van der Waals surface area contributed by atoms with Crippen LogP contribution in [0.4, 0.5) is 11.4 Å². The van der Waals surface area contributed by atoms with Crippen molar-refractivity contribution < 1.29 is 23.2 Å². The number of rotatable bonds is 8. The summed E-state index contributed by atoms with van der Waals surface area (Å²) in [5, 5.41) is 20.6. The Morgan fingerprint density at radius 3 is 2.54 bits per heavy atom. The first-order chi connectivity index (χ1) is 12.3. The molecule has 138 valence electrons. The molecule has 0 atom stereocenters. The lowest BCUT2D eigenvalue weighted by atomic mass is 10.1. The lowest BCUT2D eigenvalue weighted by Gasteiger charge is -2.18. The molecule has 1 aliphatic rings. The molecule has 2 aromatic carbocycles. The van der Waals surface area contributed by atoms with Gasteiger partial charge in [-0.1, -0.05) is 18.9 Å². The number of hydrogen-bond donors (Lipinski definition) is 1. The Kier molecular flexibility index (Phi) is 4.82. The number of nitrogens with zero attached hydrogens (tertiary/aromatic N) is 2. The van der Waals surface area contributed by atoms with Crippen molar-refractivity contribution in [2.24, 2.45) is 0 Å². The number of unbranched alkanes of at least 4 members (excludes halogenated alkanes) is 3. The molecule has 2 aromatic rings. The normalized spacial score (nSPS) is 14.7. The second-order valence-corrected chi connectivity index (χ2v) is 8.01. The fourth-order valence-electron chi connectivity index (χ4n) is 3.30. The van der Waals surface area contributed by atoms with Gasteiger partial charge in [0.1, 0.15) is 0 Å². The molecular formula is C17H18N2O6S. The van der Waals surface area contributed by atoms with Crippen molar-refractivity contribution in [3.05, 3.63) is 40.4 Å². The van der Waals surface area contributed by atoms with Crippen LogP contribution in [0.5, 0.6) is 0 Å². The number of hydrogen-bond acceptors (Lipinski definition) is 5. The van der Waals surface area contributed by atoms with E-state index in [4.69, 9.17) is 5.11 Å². The van der Waals surface area contributed by atoms with E-state index in [0.29, 0.717) is 42.1 Å². The lowest BCUT2D eigenvalue weighted by Crippen LogP contribution is -2.28. The molecule has 0 radical (unpaired) electrons. The number of carboxylic acid groups (broad SMARTS) is 1. The third-order valence-electron chi connectivity index (χ3n) is 4.49. The standard InChI is InChI=1S/C17H18N2O6S/c20-16(21)8-3-1-2-4-11-18-14-10-9-13(19(22)23)12-6-5-7-15(17(12)14)26(18,24)25/h5-7,9-10H,1-4,8,11H2,(H,20,21). The molecule has 8 nitrogen and oxygen atoms in total. The zero-order chi connectivity index (χ0) is 18.9. The van der Waals surface area contributed by atoms with E-state index < -0.39 is 20.9 Å². The van der Waals surface area contributed by atoms with E-state index in [1.54, 1.807) is 6.07 Å². The first kappa shape index (κ1) is 18.1. The van der Waals surface area contributed by atoms with Crippen LogP contribution < -0.4 is 4.31 Å². The summed E-state index contributed by atoms with van der Waals surface area (Å²) in [4.78, 5) is 21.3. The Bertz CT molecular complexity index is 986. The summed E-state index contributed by atoms with van der Waals surface area (Å²) in [6.07, 6.45) is 2.68. The largest absolute Gasteiger partial charge is 0.481 e. The van der Waals surface area contributed by atoms with Crippen LogP contribution in [0.3, 0.4) is 0 Å². The predicted molar refractivity (Wildman–Crippen MR) is 95.9 cm³/mol. The summed E-state index contributed by atoms with van der Waals surface area (Å²) in [6.45, 7) is 0.261. The van der Waals surface area contributed by atoms with Crippen LogP contribution in [0.1, 0.15) is 32.1 Å². The molecule has 0 aromatic heterocycles. The molecule has 0 amide bonds. The van der Waals surface area contributed by atoms with Gasteiger partial charge in [-0.05, 0) is 31.0 Å². The minimum atomic E-state index is -3.73. The van der Waals surface area contributed by atoms with Gasteiger partial charge in [0.2, 0.25) is 0 Å². The topological polar surface area (TPSA) is 118 Å². The van der Waals surface area contributed by atoms with Gasteiger partial charge in [-0.3, -0.25) is 19.2 Å². The average molecular weight is 378 g/mol. The van der Waals surface area contributed by atoms with E-state index in [2.05, 4.69) is 0 Å². The maximum atomic E-state index is 12.8. The van der Waals surface area contributed by atoms with Crippen LogP contribution in [-0.4, -0.2) is 31.0 Å². The Hall–Kier alpha value is -2.68. The second-order valence-electron chi connectivity index (χ2n) is 6.17. The number of nitro benzene ring substituents is 1. The molecule has 1 heterocycles. The van der Waals surface area contributed by atoms with Crippen molar-refractivity contribution in [2.45, 2.75) is 37.0 Å². The predicted octanol–water partition coefficient (Wildman–Crippen LogP) is 3.29. The van der Waals surface area contributed by atoms with Crippen LogP contribution in [-0.2, 0) is 14.8 Å². The van der Waals surface area contributed by atoms with Gasteiger partial charge < -0.3 is 5.11 Å². The van der Waals surface area contributed by atoms with Crippen molar-refractivity contribution >= 4 is 38.1 Å². The van der Waals surface area contributed by atoms with E-state index >= 15 is 0 Å². The van der Waals surface area contributed by atoms with Crippen molar-refractivity contribution in [1.82, 2.24) is 0 Å². The molecule has 0 saturated carbocycles. The monoisotopic (exact) mass is 378 g/mol. The van der Waals surface area contributed by atoms with E-state index in [0.717, 1.165) is 0 Å². The van der Waals surface area contributed by atoms with Gasteiger partial charge in [0.05, 0.1) is 20.9 Å². The summed E-state index contributed by atoms with van der Waals surface area (Å²) in [6, 6.07) is 7.37. The smallest absolute Gasteiger partial charge is 0.303 e. The number of non-ortho nitro benzene ring substituents is 1. The Labute approximate surface area is 150 Å². The minimum Gasteiger partial charge on any atom is -0.481 e. The minimum absolute atomic E-state index is 0.0968. The molecule has 3 rings (SSSR count). The van der Waals surface area contributed by atoms with Gasteiger partial charge >= 0.3 is 5.97 Å². The van der Waals surface area contributed by atoms with Gasteiger partial charge in [0, 0.05) is 24.4 Å². The zero-order valence-electron chi connectivity index (χ0n) is 13.9. The molecule has 0 bridgehead atoms. The first-order valence-electron chi connectivity index (χ1n) is 8.28. The second kappa shape index (κ2) is 6.91. The molecule has 26 heavy (non-hydrogen) atoms. The Morgan fingerprint density at radius 2 is 1.85 bits per heavy atom. The van der Waals surface area contributed by atoms with E-state index in [1.807, 2.05) is 0 Å². The molecule has 1 aliphatic heterocycles. The zero-order valence-corrected chi connectivity index (χ0v) is 14.7. The van der Waals surface area contributed by atoms with Crippen LogP contribution in [0, 0.1) is 10.1 Å². The summed E-state index contributed by atoms with van der Waals surface area (Å²) in [5.74, 6) is -0.837. The number of sulfonamides is 1. The maximum Gasteiger partial charge on any atom is 0.303 e. The Morgan fingerprint density at radius 1 is 1.12 bits per heavy atom. The number of nitro groups is 1. The number of anilines is 1. The molecule has 0 saturated heterocycles. The van der Waals surface area contributed by atoms with Gasteiger partial charge in [0.15, 0.2) is 0 Å². The highest BCUT2D eigenvalue weighted by Gasteiger charge is 2.36. The molecule has 1 N–H and O–H groups in total. The van der Waals surface area contributed by atoms with Gasteiger partial charge in [-0.2, -0.15) is 0 Å². The van der Waals surface area contributed by atoms with Crippen molar-refractivity contribution in [3.63, 3.8) is 0 Å². The molecule has 0 unspecified atom stereocenters. The van der Waals surface area contributed by atoms with E-state index in [9.17, 15) is 23.3 Å². The van der Waals surface area contributed by atoms with Crippen LogP contribution in [0.25, 0.3) is 10.8 Å². The maximum absolute atomic E-state index is 12.8. The quantitative estimate of drug-likeness (QED) is 0.428. The van der Waals surface area contributed by atoms with E-state index in [1.165, 1.54) is 28.6 Å². The fraction of sp³-hybridized carbons (Fsp3) is 0.353. The summed E-state index contributed by atoms with van der Waals surface area (Å²) < 4.78 is 27.0. The highest BCUT2D eigenvalue weighted by Crippen LogP contribution is 2.45. The molecule has 9 heteroatoms. The molecule has 0 fully saturated rings. The molecule has 0 spiro atoms. The number of carbonyl (C=O) groups is 1. The summed E-state index contributed by atoms with van der Waals surface area (Å²) >= 11 is 0. The van der Waals surface area contributed by atoms with E-state index in [-0.39, 0.29) is 23.5 Å². The number of benzene rings is 2. The number of carboxylic acids is 1. The van der Waals surface area contributed by atoms with Gasteiger partial charge in [0.25, 0.3) is 15.7 Å². The summed E-state index contributed by atoms with van der Waals surface area (Å²) in [5.41, 5.74) is 0.350. The van der Waals surface area contributed by atoms with Gasteiger partial charge in [-0.25, -0.2) is 8.42 Å². The van der Waals surface area contributed by atoms with Gasteiger partial charge in [-0.15, -0.1) is 0 Å². The third kappa shape index (κ3) is 3.10. The fourth-order valence-corrected chi connectivity index (χ4v) is 5.04. The van der Waals surface area contributed by atoms with Crippen LogP contribution in [0.15, 0.2) is 35.2 Å². The highest BCUT2D eigenvalue weighted by atomic mass is 32.2. The first-order valence-corrected chi connectivity index (χ1v) is 9.72. The average Bonchev–Trinajstić information content (AvgIpc) is 2.80. The summed E-state index contributed by atoms with van der Waals surface area (Å²) in [7, 11) is -3.73. The number of aliphatic carboxylic acids is 1. The van der Waals surface area contributed by atoms with Crippen LogP contribution in [0.2, 0.25) is 0 Å². The van der Waals surface area contributed by atoms with Crippen LogP contribution >= 0.6 is 0 Å². The molecular weight excluding hydrogens is 360 g/mol. The SMILES string of the molecule is O=C(O)CCCCCCN1c2ccc([N+](=O)[O-])c3cccc(c23)S1(=O)=O. The van der Waals surface area contributed by atoms with Crippen molar-refractivity contribution in [2.75, 3.05) is 10.8 Å². The molecule has 0 aliphatic carbocycles. The highest BCUT2D eigenvalue weighted by molar-refractivity contribution is 7.93. The lowest BCUT2D eigenvalue weighted by molar-refractivity contribution is -0.383. The Balaban J connectivity index is 1.84. The van der Waals surface area contributed by atoms with Crippen molar-refractivity contribution in [1.29, 1.82) is 0 Å². The third-order valence-corrected chi connectivity index (χ3v) is 6.35. The van der Waals surface area contributed by atoms with Crippen molar-refractivity contribution in [3.8, 4) is 0 Å².